The molecule has 29 heavy (non-hydrogen) atoms. The number of benzene rings is 2. The van der Waals surface area contributed by atoms with Crippen molar-refractivity contribution in [2.75, 3.05) is 17.6 Å². The molecule has 2 aromatic carbocycles. The Morgan fingerprint density at radius 3 is 2.52 bits per heavy atom. The van der Waals surface area contributed by atoms with Crippen molar-refractivity contribution in [2.45, 2.75) is 18.0 Å². The van der Waals surface area contributed by atoms with Crippen LogP contribution in [0.1, 0.15) is 22.8 Å². The molecule has 0 spiro atoms. The maximum absolute atomic E-state index is 12.7. The normalized spacial score (nSPS) is 11.0. The smallest absolute Gasteiger partial charge is 0.352 e. The van der Waals surface area contributed by atoms with Gasteiger partial charge in [-0.15, -0.1) is 11.8 Å². The molecule has 2 N–H and O–H groups in total. The number of alkyl halides is 3. The number of nitro benzene ring substituents is 1. The lowest BCUT2D eigenvalue weighted by Gasteiger charge is -2.09. The first-order valence-electron chi connectivity index (χ1n) is 8.28. The standard InChI is InChI=1S/C18H16F3N3O4S/c1-2-22-17(26)11-4-3-5-13(8-11)23-16(25)10-29-15-7-6-12(18(19,20)21)9-14(15)24(27)28/h3-9H,2,10H2,1H3,(H,22,26)(H,23,25). The lowest BCUT2D eigenvalue weighted by molar-refractivity contribution is -0.388. The molecular weight excluding hydrogens is 411 g/mol. The number of halogens is 3. The van der Waals surface area contributed by atoms with Gasteiger partial charge >= 0.3 is 6.18 Å². The van der Waals surface area contributed by atoms with Crippen molar-refractivity contribution >= 4 is 35.0 Å². The van der Waals surface area contributed by atoms with E-state index in [1.807, 2.05) is 0 Å². The summed E-state index contributed by atoms with van der Waals surface area (Å²) in [6.45, 7) is 2.21. The summed E-state index contributed by atoms with van der Waals surface area (Å²) in [5.41, 5.74) is -1.17. The molecule has 0 unspecified atom stereocenters. The summed E-state index contributed by atoms with van der Waals surface area (Å²) >= 11 is 0.740. The molecule has 154 valence electrons. The highest BCUT2D eigenvalue weighted by molar-refractivity contribution is 8.00. The van der Waals surface area contributed by atoms with Crippen molar-refractivity contribution in [3.8, 4) is 0 Å². The number of nitrogens with one attached hydrogen (secondary N) is 2. The van der Waals surface area contributed by atoms with E-state index >= 15 is 0 Å². The van der Waals surface area contributed by atoms with E-state index in [0.29, 0.717) is 23.9 Å². The zero-order valence-electron chi connectivity index (χ0n) is 15.1. The highest BCUT2D eigenvalue weighted by Crippen LogP contribution is 2.36. The van der Waals surface area contributed by atoms with Gasteiger partial charge in [0.15, 0.2) is 0 Å². The number of anilines is 1. The van der Waals surface area contributed by atoms with Gasteiger partial charge in [-0.1, -0.05) is 6.07 Å². The number of nitrogens with zero attached hydrogens (tertiary/aromatic N) is 1. The molecule has 0 radical (unpaired) electrons. The van der Waals surface area contributed by atoms with Crippen LogP contribution in [-0.4, -0.2) is 29.0 Å². The SMILES string of the molecule is CCNC(=O)c1cccc(NC(=O)CSc2ccc(C(F)(F)F)cc2[N+](=O)[O-])c1. The Morgan fingerprint density at radius 2 is 1.90 bits per heavy atom. The zero-order valence-corrected chi connectivity index (χ0v) is 15.9. The van der Waals surface area contributed by atoms with Crippen LogP contribution in [0, 0.1) is 10.1 Å². The highest BCUT2D eigenvalue weighted by atomic mass is 32.2. The molecule has 11 heteroatoms. The largest absolute Gasteiger partial charge is 0.416 e. The molecule has 0 saturated heterocycles. The first kappa shape index (κ1) is 22.2. The van der Waals surface area contributed by atoms with E-state index < -0.39 is 28.3 Å². The van der Waals surface area contributed by atoms with Crippen LogP contribution >= 0.6 is 11.8 Å². The van der Waals surface area contributed by atoms with Gasteiger partial charge in [0.1, 0.15) is 0 Å². The molecule has 0 atom stereocenters. The maximum Gasteiger partial charge on any atom is 0.416 e. The van der Waals surface area contributed by atoms with Crippen molar-refractivity contribution in [3.05, 3.63) is 63.7 Å². The van der Waals surface area contributed by atoms with Gasteiger partial charge < -0.3 is 10.6 Å². The predicted molar refractivity (Wildman–Crippen MR) is 102 cm³/mol. The van der Waals surface area contributed by atoms with E-state index in [1.54, 1.807) is 25.1 Å². The van der Waals surface area contributed by atoms with Gasteiger partial charge in [0.05, 0.1) is 21.1 Å². The van der Waals surface area contributed by atoms with Crippen molar-refractivity contribution < 1.29 is 27.7 Å². The fourth-order valence-corrected chi connectivity index (χ4v) is 3.10. The van der Waals surface area contributed by atoms with Gasteiger partial charge in [0, 0.05) is 23.9 Å². The summed E-state index contributed by atoms with van der Waals surface area (Å²) in [6.07, 6.45) is -4.71. The van der Waals surface area contributed by atoms with Gasteiger partial charge in [-0.25, -0.2) is 0 Å². The first-order chi connectivity index (χ1) is 13.6. The minimum absolute atomic E-state index is 0.0609. The second-order valence-electron chi connectivity index (χ2n) is 5.71. The van der Waals surface area contributed by atoms with Crippen LogP contribution < -0.4 is 10.6 Å². The predicted octanol–water partition coefficient (Wildman–Crippen LogP) is 4.09. The molecule has 0 saturated carbocycles. The molecule has 2 amide bonds. The minimum Gasteiger partial charge on any atom is -0.352 e. The Kier molecular flexibility index (Phi) is 7.21. The maximum atomic E-state index is 12.7. The second-order valence-corrected chi connectivity index (χ2v) is 6.73. The second kappa shape index (κ2) is 9.41. The zero-order chi connectivity index (χ0) is 21.6. The van der Waals surface area contributed by atoms with Gasteiger partial charge in [-0.05, 0) is 37.3 Å². The third-order valence-corrected chi connectivity index (χ3v) is 4.65. The molecule has 0 aromatic heterocycles. The quantitative estimate of drug-likeness (QED) is 0.394. The van der Waals surface area contributed by atoms with Crippen LogP contribution in [0.3, 0.4) is 0 Å². The highest BCUT2D eigenvalue weighted by Gasteiger charge is 2.33. The van der Waals surface area contributed by atoms with E-state index in [9.17, 15) is 32.9 Å². The number of carbonyl (C=O) groups is 2. The number of amides is 2. The average molecular weight is 427 g/mol. The van der Waals surface area contributed by atoms with E-state index in [-0.39, 0.29) is 16.6 Å². The van der Waals surface area contributed by atoms with Crippen LogP contribution in [0.15, 0.2) is 47.4 Å². The monoisotopic (exact) mass is 427 g/mol. The molecular formula is C18H16F3N3O4S. The van der Waals surface area contributed by atoms with Crippen molar-refractivity contribution in [1.82, 2.24) is 5.32 Å². The minimum atomic E-state index is -4.71. The van der Waals surface area contributed by atoms with Crippen LogP contribution in [-0.2, 0) is 11.0 Å². The fraction of sp³-hybridized carbons (Fsp3) is 0.222. The van der Waals surface area contributed by atoms with E-state index in [0.717, 1.165) is 23.9 Å². The number of thioether (sulfide) groups is 1. The molecule has 0 fully saturated rings. The molecule has 2 rings (SSSR count). The summed E-state index contributed by atoms with van der Waals surface area (Å²) in [4.78, 5) is 34.0. The Bertz CT molecular complexity index is 935. The summed E-state index contributed by atoms with van der Waals surface area (Å²) in [5, 5.41) is 16.2. The lowest BCUT2D eigenvalue weighted by atomic mass is 10.2. The number of nitro groups is 1. The molecule has 0 aliphatic heterocycles. The topological polar surface area (TPSA) is 101 Å². The third kappa shape index (κ3) is 6.21. The van der Waals surface area contributed by atoms with Gasteiger partial charge in [-0.2, -0.15) is 13.2 Å². The number of carbonyl (C=O) groups excluding carboxylic acids is 2. The summed E-state index contributed by atoms with van der Waals surface area (Å²) < 4.78 is 38.2. The van der Waals surface area contributed by atoms with Crippen LogP contribution in [0.25, 0.3) is 0 Å². The fourth-order valence-electron chi connectivity index (χ4n) is 2.30. The summed E-state index contributed by atoms with van der Waals surface area (Å²) in [7, 11) is 0. The Hall–Kier alpha value is -3.08. The Morgan fingerprint density at radius 1 is 1.17 bits per heavy atom. The van der Waals surface area contributed by atoms with E-state index in [1.165, 1.54) is 6.07 Å². The van der Waals surface area contributed by atoms with Crippen molar-refractivity contribution in [3.63, 3.8) is 0 Å². The molecule has 0 aliphatic carbocycles. The molecule has 0 heterocycles. The first-order valence-corrected chi connectivity index (χ1v) is 9.27. The van der Waals surface area contributed by atoms with Crippen molar-refractivity contribution in [1.29, 1.82) is 0 Å². The molecule has 7 nitrogen and oxygen atoms in total. The molecule has 0 bridgehead atoms. The van der Waals surface area contributed by atoms with E-state index in [2.05, 4.69) is 10.6 Å². The third-order valence-electron chi connectivity index (χ3n) is 3.59. The Labute approximate surface area is 167 Å². The van der Waals surface area contributed by atoms with Crippen LogP contribution in [0.4, 0.5) is 24.5 Å². The van der Waals surface area contributed by atoms with Gasteiger partial charge in [0.25, 0.3) is 11.6 Å². The number of hydrogen-bond acceptors (Lipinski definition) is 5. The number of rotatable bonds is 7. The average Bonchev–Trinajstić information content (AvgIpc) is 2.65. The van der Waals surface area contributed by atoms with Crippen LogP contribution in [0.5, 0.6) is 0 Å². The molecule has 2 aromatic rings. The van der Waals surface area contributed by atoms with Gasteiger partial charge in [0.2, 0.25) is 5.91 Å². The lowest BCUT2D eigenvalue weighted by Crippen LogP contribution is -2.23. The van der Waals surface area contributed by atoms with Gasteiger partial charge in [-0.3, -0.25) is 19.7 Å². The Balaban J connectivity index is 2.07. The summed E-state index contributed by atoms with van der Waals surface area (Å²) in [6, 6.07) is 8.31. The number of hydrogen-bond donors (Lipinski definition) is 2. The van der Waals surface area contributed by atoms with Crippen LogP contribution in [0.2, 0.25) is 0 Å². The van der Waals surface area contributed by atoms with E-state index in [4.69, 9.17) is 0 Å². The summed E-state index contributed by atoms with van der Waals surface area (Å²) in [5.74, 6) is -1.10. The molecule has 0 aliphatic rings. The van der Waals surface area contributed by atoms with Crippen molar-refractivity contribution in [2.24, 2.45) is 0 Å².